The van der Waals surface area contributed by atoms with Crippen LogP contribution in [0.5, 0.6) is 0 Å². The maximum Gasteiger partial charge on any atom is 0.164 e. The summed E-state index contributed by atoms with van der Waals surface area (Å²) in [6.07, 6.45) is 6.66. The number of hydrogen-bond acceptors (Lipinski definition) is 5. The Morgan fingerprint density at radius 2 is 1.45 bits per heavy atom. The molecule has 0 unspecified atom stereocenters. The van der Waals surface area contributed by atoms with Crippen LogP contribution < -0.4 is 0 Å². The number of aliphatic hydroxyl groups excluding tert-OH is 1. The smallest absolute Gasteiger partial charge is 0.164 e. The number of thiophene rings is 1. The standard InChI is InChI=1S/C30H24NOS.C15H28O2.Ir/c1-18-21-10-7-8-12-25(21)32-29(18)27-17-23-26(33-27)13-14-31-28(23)20-15-19-9-5-6-11-22(19)24(16-20)30(2,3)4;1-7-14(5,8-2)12(16)11-13(17)15(6,9-3)10-4;/h5-14,16-17H,1-4H3;11,16H,7-10H2,1-6H3;/q-1;;/b;12-11-;. The minimum absolute atomic E-state index is 0. The van der Waals surface area contributed by atoms with Gasteiger partial charge in [-0.25, -0.2) is 0 Å². The fourth-order valence-electron chi connectivity index (χ4n) is 6.36. The van der Waals surface area contributed by atoms with Gasteiger partial charge < -0.3 is 9.52 Å². The van der Waals surface area contributed by atoms with E-state index in [0.29, 0.717) is 0 Å². The van der Waals surface area contributed by atoms with Crippen LogP contribution >= 0.6 is 11.3 Å². The van der Waals surface area contributed by atoms with Crippen molar-refractivity contribution in [2.45, 2.75) is 100 Å². The van der Waals surface area contributed by atoms with Crippen molar-refractivity contribution in [2.75, 3.05) is 0 Å². The maximum atomic E-state index is 12.2. The molecular formula is C45H52IrNO3S-. The van der Waals surface area contributed by atoms with E-state index in [0.717, 1.165) is 63.9 Å². The van der Waals surface area contributed by atoms with Crippen molar-refractivity contribution >= 4 is 48.9 Å². The topological polar surface area (TPSA) is 63.3 Å². The van der Waals surface area contributed by atoms with Crippen LogP contribution in [0.3, 0.4) is 0 Å². The van der Waals surface area contributed by atoms with Gasteiger partial charge in [0.1, 0.15) is 17.1 Å². The first-order valence-corrected chi connectivity index (χ1v) is 18.8. The van der Waals surface area contributed by atoms with E-state index in [9.17, 15) is 9.90 Å². The fraction of sp³-hybridized carbons (Fsp3) is 0.378. The second-order valence-corrected chi connectivity index (χ2v) is 16.1. The molecule has 271 valence electrons. The van der Waals surface area contributed by atoms with E-state index < -0.39 is 0 Å². The number of aryl methyl sites for hydroxylation is 1. The number of rotatable bonds is 9. The number of nitrogens with zero attached hydrogens (tertiary/aromatic N) is 1. The molecule has 0 aliphatic heterocycles. The van der Waals surface area contributed by atoms with Crippen LogP contribution in [0, 0.1) is 23.8 Å². The second kappa shape index (κ2) is 16.0. The summed E-state index contributed by atoms with van der Waals surface area (Å²) in [5, 5.41) is 14.8. The van der Waals surface area contributed by atoms with E-state index in [1.807, 2.05) is 59.9 Å². The molecule has 4 nitrogen and oxygen atoms in total. The Hall–Kier alpha value is -3.57. The first-order valence-electron chi connectivity index (χ1n) is 18.0. The van der Waals surface area contributed by atoms with Crippen LogP contribution in [0.1, 0.15) is 99.1 Å². The van der Waals surface area contributed by atoms with Crippen molar-refractivity contribution in [1.82, 2.24) is 4.98 Å². The Kier molecular flexibility index (Phi) is 12.6. The average molecular weight is 879 g/mol. The third-order valence-corrected chi connectivity index (χ3v) is 12.1. The van der Waals surface area contributed by atoms with E-state index >= 15 is 0 Å². The van der Waals surface area contributed by atoms with Gasteiger partial charge in [0, 0.05) is 64.6 Å². The van der Waals surface area contributed by atoms with Crippen molar-refractivity contribution < 1.29 is 34.4 Å². The zero-order chi connectivity index (χ0) is 36.4. The molecule has 0 amide bonds. The van der Waals surface area contributed by atoms with Crippen LogP contribution in [0.15, 0.2) is 89.2 Å². The minimum Gasteiger partial charge on any atom is -0.512 e. The van der Waals surface area contributed by atoms with Gasteiger partial charge in [-0.3, -0.25) is 9.78 Å². The number of fused-ring (bicyclic) bond motifs is 3. The van der Waals surface area contributed by atoms with E-state index in [1.165, 1.54) is 32.7 Å². The average Bonchev–Trinajstić information content (AvgIpc) is 3.71. The van der Waals surface area contributed by atoms with Gasteiger partial charge >= 0.3 is 0 Å². The maximum absolute atomic E-state index is 12.2. The molecule has 0 bridgehead atoms. The molecule has 1 radical (unpaired) electrons. The Morgan fingerprint density at radius 1 is 0.843 bits per heavy atom. The summed E-state index contributed by atoms with van der Waals surface area (Å²) in [5.74, 6) is 1.23. The monoisotopic (exact) mass is 879 g/mol. The van der Waals surface area contributed by atoms with E-state index in [2.05, 4.69) is 88.4 Å². The number of para-hydroxylation sites is 1. The predicted molar refractivity (Wildman–Crippen MR) is 213 cm³/mol. The van der Waals surface area contributed by atoms with Gasteiger partial charge in [-0.05, 0) is 61.6 Å². The number of aromatic nitrogens is 1. The van der Waals surface area contributed by atoms with E-state index in [4.69, 9.17) is 9.40 Å². The molecule has 0 aliphatic carbocycles. The zero-order valence-corrected chi connectivity index (χ0v) is 35.0. The molecule has 3 aromatic heterocycles. The van der Waals surface area contributed by atoms with Crippen LogP contribution in [0.25, 0.3) is 53.7 Å². The number of benzene rings is 3. The molecule has 6 heteroatoms. The predicted octanol–water partition coefficient (Wildman–Crippen LogP) is 13.6. The molecule has 0 atom stereocenters. The molecule has 0 fully saturated rings. The number of hydrogen-bond donors (Lipinski definition) is 1. The van der Waals surface area contributed by atoms with E-state index in [-0.39, 0.29) is 47.9 Å². The summed E-state index contributed by atoms with van der Waals surface area (Å²) >= 11 is 1.75. The SMILES string of the molecule is CCC(C)(CC)C(=O)/C=C(\O)C(C)(CC)CC.Cc1c(-c2cc3c(-c4[c-]c5ccccc5c(C(C)(C)C)c4)nccc3s2)oc2ccccc12.[Ir]. The van der Waals surface area contributed by atoms with E-state index in [1.54, 1.807) is 11.3 Å². The van der Waals surface area contributed by atoms with Gasteiger partial charge in [0.2, 0.25) is 0 Å². The van der Waals surface area contributed by atoms with Crippen molar-refractivity contribution in [3.63, 3.8) is 0 Å². The number of furan rings is 1. The summed E-state index contributed by atoms with van der Waals surface area (Å²) < 4.78 is 7.47. The number of carbonyl (C=O) groups is 1. The van der Waals surface area contributed by atoms with Gasteiger partial charge in [-0.1, -0.05) is 110 Å². The molecule has 6 aromatic rings. The van der Waals surface area contributed by atoms with Gasteiger partial charge in [0.05, 0.1) is 4.88 Å². The second-order valence-electron chi connectivity index (χ2n) is 15.1. The minimum atomic E-state index is -0.337. The van der Waals surface area contributed by atoms with Crippen molar-refractivity contribution in [2.24, 2.45) is 10.8 Å². The summed E-state index contributed by atoms with van der Waals surface area (Å²) in [7, 11) is 0. The number of allylic oxidation sites excluding steroid dienone is 2. The number of aliphatic hydroxyl groups is 1. The Bertz CT molecular complexity index is 2170. The molecule has 0 aliphatic rings. The van der Waals surface area contributed by atoms with Gasteiger partial charge in [0.25, 0.3) is 0 Å². The normalized spacial score (nSPS) is 12.5. The molecule has 0 saturated carbocycles. The number of pyridine rings is 1. The molecule has 3 heterocycles. The fourth-order valence-corrected chi connectivity index (χ4v) is 7.46. The molecule has 6 rings (SSSR count). The third kappa shape index (κ3) is 8.09. The van der Waals surface area contributed by atoms with Crippen LogP contribution in [0.2, 0.25) is 0 Å². The van der Waals surface area contributed by atoms with Gasteiger partial charge in [-0.15, -0.1) is 40.5 Å². The Morgan fingerprint density at radius 3 is 2.06 bits per heavy atom. The van der Waals surface area contributed by atoms with Crippen molar-refractivity contribution in [3.05, 3.63) is 102 Å². The first kappa shape index (κ1) is 40.2. The Labute approximate surface area is 321 Å². The van der Waals surface area contributed by atoms with Crippen LogP contribution in [0.4, 0.5) is 0 Å². The third-order valence-electron chi connectivity index (χ3n) is 11.0. The molecule has 3 aromatic carbocycles. The summed E-state index contributed by atoms with van der Waals surface area (Å²) in [4.78, 5) is 18.1. The van der Waals surface area contributed by atoms with Crippen molar-refractivity contribution in [1.29, 1.82) is 0 Å². The van der Waals surface area contributed by atoms with Crippen LogP contribution in [-0.4, -0.2) is 15.9 Å². The molecular weight excluding hydrogens is 827 g/mol. The summed E-state index contributed by atoms with van der Waals surface area (Å²) in [6.45, 7) is 21.0. The number of carbonyl (C=O) groups excluding carboxylic acids is 1. The molecule has 0 saturated heterocycles. The largest absolute Gasteiger partial charge is 0.512 e. The van der Waals surface area contributed by atoms with Gasteiger partial charge in [-0.2, -0.15) is 0 Å². The molecule has 51 heavy (non-hydrogen) atoms. The Balaban J connectivity index is 0.000000279. The zero-order valence-electron chi connectivity index (χ0n) is 31.8. The van der Waals surface area contributed by atoms with Crippen molar-refractivity contribution in [3.8, 4) is 21.9 Å². The summed E-state index contributed by atoms with van der Waals surface area (Å²) in [6, 6.07) is 27.0. The summed E-state index contributed by atoms with van der Waals surface area (Å²) in [5.41, 5.74) is 4.85. The number of ketones is 1. The van der Waals surface area contributed by atoms with Gasteiger partial charge in [0.15, 0.2) is 5.78 Å². The van der Waals surface area contributed by atoms with Crippen LogP contribution in [-0.2, 0) is 30.3 Å². The quantitative estimate of drug-likeness (QED) is 0.0893. The molecule has 0 spiro atoms. The molecule has 1 N–H and O–H groups in total. The first-order chi connectivity index (χ1) is 23.7.